The van der Waals surface area contributed by atoms with Gasteiger partial charge in [-0.25, -0.2) is 14.4 Å². The topological polar surface area (TPSA) is 122 Å². The van der Waals surface area contributed by atoms with E-state index in [1.807, 2.05) is 0 Å². The second-order valence-corrected chi connectivity index (χ2v) is 11.4. The van der Waals surface area contributed by atoms with Crippen LogP contribution in [0.15, 0.2) is 42.9 Å². The van der Waals surface area contributed by atoms with Crippen LogP contribution >= 0.6 is 0 Å². The number of hydrogen-bond acceptors (Lipinski definition) is 7. The van der Waals surface area contributed by atoms with E-state index in [-0.39, 0.29) is 23.4 Å². The predicted molar refractivity (Wildman–Crippen MR) is 139 cm³/mol. The number of alkyl halides is 2. The molecule has 1 fully saturated rings. The summed E-state index contributed by atoms with van der Waals surface area (Å²) in [6.07, 6.45) is 5.90. The molecule has 2 unspecified atom stereocenters. The lowest BCUT2D eigenvalue weighted by Gasteiger charge is -2.48. The summed E-state index contributed by atoms with van der Waals surface area (Å²) in [6, 6.07) is 7.75. The molecule has 0 radical (unpaired) electrons. The number of hydrogen-bond donors (Lipinski definition) is 1. The highest BCUT2D eigenvalue weighted by atomic mass is 19.3. The Kier molecular flexibility index (Phi) is 5.28. The van der Waals surface area contributed by atoms with Crippen molar-refractivity contribution in [2.75, 3.05) is 7.05 Å². The molecule has 2 aliphatic carbocycles. The Morgan fingerprint density at radius 3 is 2.68 bits per heavy atom. The van der Waals surface area contributed by atoms with Crippen molar-refractivity contribution in [2.24, 2.45) is 11.1 Å². The second kappa shape index (κ2) is 8.50. The number of aromatic nitrogens is 4. The molecule has 4 heterocycles. The number of rotatable bonds is 4. The fourth-order valence-corrected chi connectivity index (χ4v) is 6.92. The van der Waals surface area contributed by atoms with E-state index in [1.165, 1.54) is 24.4 Å². The highest BCUT2D eigenvalue weighted by Gasteiger charge is 2.53. The van der Waals surface area contributed by atoms with E-state index in [2.05, 4.69) is 16.0 Å². The van der Waals surface area contributed by atoms with Crippen LogP contribution in [0.3, 0.4) is 0 Å². The molecule has 1 aliphatic heterocycles. The zero-order chi connectivity index (χ0) is 28.8. The summed E-state index contributed by atoms with van der Waals surface area (Å²) in [4.78, 5) is 28.4. The van der Waals surface area contributed by atoms with E-state index in [0.29, 0.717) is 58.7 Å². The second-order valence-electron chi connectivity index (χ2n) is 11.4. The van der Waals surface area contributed by atoms with Crippen molar-refractivity contribution in [1.29, 1.82) is 5.26 Å². The van der Waals surface area contributed by atoms with Gasteiger partial charge in [0, 0.05) is 53.8 Å². The monoisotopic (exact) mass is 559 g/mol. The SMILES string of the molecule is CN1C(=O)c2cccc(OC(F)F)c2C2CC1c1nc3ncc(-c4cnc(C5(N)CC(C)(C#N)C5)c(F)c4)cn3c12. The highest BCUT2D eigenvalue weighted by Crippen LogP contribution is 2.53. The van der Waals surface area contributed by atoms with Crippen LogP contribution in [0.4, 0.5) is 13.2 Å². The van der Waals surface area contributed by atoms with Crippen LogP contribution < -0.4 is 10.5 Å². The van der Waals surface area contributed by atoms with Gasteiger partial charge in [0.05, 0.1) is 40.1 Å². The minimum Gasteiger partial charge on any atom is -0.434 e. The number of carbonyl (C=O) groups excluding carboxylic acids is 1. The van der Waals surface area contributed by atoms with E-state index >= 15 is 4.39 Å². The van der Waals surface area contributed by atoms with Gasteiger partial charge in [-0.2, -0.15) is 14.0 Å². The molecule has 1 amide bonds. The van der Waals surface area contributed by atoms with Gasteiger partial charge >= 0.3 is 6.61 Å². The van der Waals surface area contributed by atoms with Gasteiger partial charge < -0.3 is 15.4 Å². The Labute approximate surface area is 232 Å². The van der Waals surface area contributed by atoms with Gasteiger partial charge in [0.25, 0.3) is 5.91 Å². The molecule has 1 saturated carbocycles. The largest absolute Gasteiger partial charge is 0.434 e. The standard InChI is InChI=1S/C29H24F3N7O2/c1-28(13-33)11-29(34,12-28)24-18(30)6-14(8-35-24)15-9-36-27-37-22-19-7-17(23(22)39(27)10-15)21-16(25(40)38(19)2)4-3-5-20(21)41-26(31)32/h3-6,8-10,17,19,26H,7,11-12,34H2,1-2H3. The molecule has 208 valence electrons. The molecular weight excluding hydrogens is 535 g/mol. The van der Waals surface area contributed by atoms with Gasteiger partial charge in [-0.05, 0) is 44.4 Å². The number of ether oxygens (including phenoxy) is 1. The van der Waals surface area contributed by atoms with Gasteiger partial charge in [-0.15, -0.1) is 0 Å². The minimum atomic E-state index is -3.06. The Bertz CT molecular complexity index is 1810. The van der Waals surface area contributed by atoms with Gasteiger partial charge in [0.1, 0.15) is 11.6 Å². The van der Waals surface area contributed by atoms with Crippen molar-refractivity contribution < 1.29 is 22.7 Å². The number of amides is 1. The summed E-state index contributed by atoms with van der Waals surface area (Å²) >= 11 is 0. The lowest BCUT2D eigenvalue weighted by Crippen LogP contribution is -2.54. The van der Waals surface area contributed by atoms with Crippen molar-refractivity contribution in [1.82, 2.24) is 24.3 Å². The first-order valence-corrected chi connectivity index (χ1v) is 13.1. The van der Waals surface area contributed by atoms with E-state index in [0.717, 1.165) is 0 Å². The van der Waals surface area contributed by atoms with Gasteiger partial charge in [0.2, 0.25) is 5.78 Å². The summed E-state index contributed by atoms with van der Waals surface area (Å²) in [6.45, 7) is -1.27. The van der Waals surface area contributed by atoms with Crippen LogP contribution in [-0.2, 0) is 5.54 Å². The Balaban J connectivity index is 1.33. The fraction of sp³-hybridized carbons (Fsp3) is 0.345. The first kappa shape index (κ1) is 25.5. The molecule has 3 aromatic heterocycles. The van der Waals surface area contributed by atoms with E-state index in [9.17, 15) is 18.8 Å². The third-order valence-electron chi connectivity index (χ3n) is 8.63. The maximum atomic E-state index is 15.3. The van der Waals surface area contributed by atoms with Gasteiger partial charge in [0.15, 0.2) is 0 Å². The average molecular weight is 560 g/mol. The normalized spacial score (nSPS) is 26.4. The van der Waals surface area contributed by atoms with E-state index in [1.54, 1.807) is 41.7 Å². The zero-order valence-electron chi connectivity index (χ0n) is 22.1. The predicted octanol–water partition coefficient (Wildman–Crippen LogP) is 4.67. The molecule has 7 rings (SSSR count). The van der Waals surface area contributed by atoms with Crippen LogP contribution in [-0.4, -0.2) is 43.8 Å². The Morgan fingerprint density at radius 1 is 1.22 bits per heavy atom. The lowest BCUT2D eigenvalue weighted by molar-refractivity contribution is -0.0506. The first-order chi connectivity index (χ1) is 19.5. The molecule has 2 bridgehead atoms. The van der Waals surface area contributed by atoms with Gasteiger partial charge in [-0.3, -0.25) is 14.2 Å². The molecule has 2 atom stereocenters. The van der Waals surface area contributed by atoms with Crippen LogP contribution in [0.1, 0.15) is 71.1 Å². The minimum absolute atomic E-state index is 0.0575. The third kappa shape index (κ3) is 3.65. The van der Waals surface area contributed by atoms with Crippen LogP contribution in [0.25, 0.3) is 16.9 Å². The maximum Gasteiger partial charge on any atom is 0.387 e. The number of imidazole rings is 1. The zero-order valence-corrected chi connectivity index (χ0v) is 22.1. The number of pyridine rings is 1. The summed E-state index contributed by atoms with van der Waals surface area (Å²) in [5.74, 6) is -1.04. The summed E-state index contributed by atoms with van der Waals surface area (Å²) in [5, 5.41) is 9.34. The van der Waals surface area contributed by atoms with Crippen molar-refractivity contribution in [3.63, 3.8) is 0 Å². The average Bonchev–Trinajstić information content (AvgIpc) is 3.44. The molecule has 2 N–H and O–H groups in total. The summed E-state index contributed by atoms with van der Waals surface area (Å²) in [5.41, 5.74) is 7.92. The molecule has 9 nitrogen and oxygen atoms in total. The summed E-state index contributed by atoms with van der Waals surface area (Å²) < 4.78 is 48.6. The third-order valence-corrected chi connectivity index (χ3v) is 8.63. The molecular formula is C29H24F3N7O2. The van der Waals surface area contributed by atoms with E-state index in [4.69, 9.17) is 15.5 Å². The maximum absolute atomic E-state index is 15.3. The Morgan fingerprint density at radius 2 is 1.98 bits per heavy atom. The quantitative estimate of drug-likeness (QED) is 0.386. The number of nitrogens with two attached hydrogens (primary N) is 1. The van der Waals surface area contributed by atoms with E-state index < -0.39 is 29.3 Å². The first-order valence-electron chi connectivity index (χ1n) is 13.1. The fourth-order valence-electron chi connectivity index (χ4n) is 6.92. The molecule has 3 aliphatic rings. The number of benzene rings is 1. The smallest absolute Gasteiger partial charge is 0.387 e. The number of nitrogens with zero attached hydrogens (tertiary/aromatic N) is 6. The number of nitriles is 1. The summed E-state index contributed by atoms with van der Waals surface area (Å²) in [7, 11) is 1.67. The molecule has 0 spiro atoms. The van der Waals surface area contributed by atoms with Crippen molar-refractivity contribution >= 4 is 11.7 Å². The molecule has 12 heteroatoms. The molecule has 0 saturated heterocycles. The van der Waals surface area contributed by atoms with Crippen LogP contribution in [0.2, 0.25) is 0 Å². The lowest BCUT2D eigenvalue weighted by atomic mass is 9.58. The van der Waals surface area contributed by atoms with Crippen molar-refractivity contribution in [2.45, 2.75) is 50.3 Å². The Hall–Kier alpha value is -4.50. The highest BCUT2D eigenvalue weighted by molar-refractivity contribution is 5.98. The van der Waals surface area contributed by atoms with Crippen LogP contribution in [0, 0.1) is 22.6 Å². The molecule has 41 heavy (non-hydrogen) atoms. The number of fused-ring (bicyclic) bond motifs is 9. The van der Waals surface area contributed by atoms with Gasteiger partial charge in [-0.1, -0.05) is 6.07 Å². The number of carbonyl (C=O) groups is 1. The van der Waals surface area contributed by atoms with Crippen molar-refractivity contribution in [3.05, 3.63) is 76.9 Å². The molecule has 1 aromatic carbocycles. The number of halogens is 3. The van der Waals surface area contributed by atoms with Crippen molar-refractivity contribution in [3.8, 4) is 22.9 Å². The molecule has 4 aromatic rings. The van der Waals surface area contributed by atoms with Crippen LogP contribution in [0.5, 0.6) is 5.75 Å².